The molecule has 2 aromatic carbocycles. The van der Waals surface area contributed by atoms with Crippen molar-refractivity contribution in [3.63, 3.8) is 0 Å². The van der Waals surface area contributed by atoms with E-state index in [9.17, 15) is 0 Å². The molecule has 0 unspecified atom stereocenters. The number of hydrogen-bond donors (Lipinski definition) is 2. The third-order valence-corrected chi connectivity index (χ3v) is 4.70. The first-order chi connectivity index (χ1) is 15.2. The van der Waals surface area contributed by atoms with Crippen LogP contribution in [0.2, 0.25) is 0 Å². The molecule has 3 rings (SSSR count). The smallest absolute Gasteiger partial charge is 0.203 e. The molecular weight excluding hydrogens is 398 g/mol. The first-order valence-corrected chi connectivity index (χ1v) is 10.4. The zero-order valence-corrected chi connectivity index (χ0v) is 18.6. The van der Waals surface area contributed by atoms with E-state index < -0.39 is 0 Å². The fourth-order valence-corrected chi connectivity index (χ4v) is 3.16. The Balaban J connectivity index is 1.80. The van der Waals surface area contributed by atoms with Crippen molar-refractivity contribution in [2.24, 2.45) is 4.99 Å². The van der Waals surface area contributed by atoms with Crippen molar-refractivity contribution >= 4 is 11.6 Å². The Labute approximate surface area is 183 Å². The molecule has 0 aliphatic carbocycles. The number of nitrogens with one attached hydrogen (secondary N) is 2. The van der Waals surface area contributed by atoms with Crippen LogP contribution in [0.25, 0.3) is 0 Å². The molecule has 1 aliphatic rings. The molecule has 2 N–H and O–H groups in total. The second-order valence-electron chi connectivity index (χ2n) is 6.96. The lowest BCUT2D eigenvalue weighted by atomic mass is 10.2. The lowest BCUT2D eigenvalue weighted by Gasteiger charge is -2.15. The standard InChI is InChI=1S/C23H31N3O5/c1-5-9-24-23(26-17-7-8-18-19(14-17)31-11-6-10-30-18)25-15-16-12-20(27-2)22(29-4)21(13-16)28-3/h7-8,12-14H,5-6,9-11,15H2,1-4H3,(H2,24,25,26). The molecule has 0 aromatic heterocycles. The van der Waals surface area contributed by atoms with E-state index in [-0.39, 0.29) is 0 Å². The lowest BCUT2D eigenvalue weighted by molar-refractivity contribution is 0.297. The summed E-state index contributed by atoms with van der Waals surface area (Å²) < 4.78 is 27.8. The molecule has 0 atom stereocenters. The molecular formula is C23H31N3O5. The van der Waals surface area contributed by atoms with E-state index in [2.05, 4.69) is 17.6 Å². The highest BCUT2D eigenvalue weighted by molar-refractivity contribution is 5.94. The molecule has 0 fully saturated rings. The van der Waals surface area contributed by atoms with Crippen LogP contribution in [0.1, 0.15) is 25.3 Å². The zero-order valence-electron chi connectivity index (χ0n) is 18.6. The summed E-state index contributed by atoms with van der Waals surface area (Å²) in [6.45, 7) is 4.65. The summed E-state index contributed by atoms with van der Waals surface area (Å²) in [5.41, 5.74) is 1.81. The predicted molar refractivity (Wildman–Crippen MR) is 121 cm³/mol. The van der Waals surface area contributed by atoms with E-state index in [0.717, 1.165) is 42.1 Å². The van der Waals surface area contributed by atoms with Gasteiger partial charge < -0.3 is 34.3 Å². The van der Waals surface area contributed by atoms with Gasteiger partial charge in [0.05, 0.1) is 41.1 Å². The van der Waals surface area contributed by atoms with Crippen molar-refractivity contribution in [1.82, 2.24) is 5.32 Å². The molecule has 1 heterocycles. The van der Waals surface area contributed by atoms with Gasteiger partial charge in [0.1, 0.15) is 0 Å². The summed E-state index contributed by atoms with van der Waals surface area (Å²) in [4.78, 5) is 4.73. The first kappa shape index (κ1) is 22.4. The van der Waals surface area contributed by atoms with E-state index in [1.54, 1.807) is 21.3 Å². The second kappa shape index (κ2) is 11.2. The highest BCUT2D eigenvalue weighted by atomic mass is 16.5. The van der Waals surface area contributed by atoms with E-state index in [1.807, 2.05) is 30.3 Å². The number of hydrogen-bond acceptors (Lipinski definition) is 6. The molecule has 168 valence electrons. The average molecular weight is 430 g/mol. The normalized spacial score (nSPS) is 13.2. The van der Waals surface area contributed by atoms with Crippen LogP contribution in [-0.2, 0) is 6.54 Å². The summed E-state index contributed by atoms with van der Waals surface area (Å²) in [7, 11) is 4.79. The summed E-state index contributed by atoms with van der Waals surface area (Å²) in [6, 6.07) is 9.60. The van der Waals surface area contributed by atoms with Crippen LogP contribution < -0.4 is 34.3 Å². The van der Waals surface area contributed by atoms with Crippen LogP contribution in [0, 0.1) is 0 Å². The molecule has 0 bridgehead atoms. The molecule has 0 spiro atoms. The van der Waals surface area contributed by atoms with Crippen LogP contribution in [0.15, 0.2) is 35.3 Å². The largest absolute Gasteiger partial charge is 0.493 e. The number of methoxy groups -OCH3 is 3. The van der Waals surface area contributed by atoms with Gasteiger partial charge in [-0.05, 0) is 36.2 Å². The topological polar surface area (TPSA) is 82.6 Å². The van der Waals surface area contributed by atoms with Crippen LogP contribution >= 0.6 is 0 Å². The van der Waals surface area contributed by atoms with Crippen molar-refractivity contribution in [2.75, 3.05) is 46.4 Å². The fourth-order valence-electron chi connectivity index (χ4n) is 3.16. The van der Waals surface area contributed by atoms with Gasteiger partial charge in [0.15, 0.2) is 29.0 Å². The quantitative estimate of drug-likeness (QED) is 0.487. The van der Waals surface area contributed by atoms with Gasteiger partial charge in [-0.1, -0.05) is 6.92 Å². The Morgan fingerprint density at radius 3 is 2.32 bits per heavy atom. The summed E-state index contributed by atoms with van der Waals surface area (Å²) in [5.74, 6) is 3.94. The summed E-state index contributed by atoms with van der Waals surface area (Å²) in [5, 5.41) is 6.69. The van der Waals surface area contributed by atoms with Gasteiger partial charge in [0, 0.05) is 24.7 Å². The van der Waals surface area contributed by atoms with E-state index in [0.29, 0.717) is 43.0 Å². The molecule has 0 radical (unpaired) electrons. The molecule has 0 amide bonds. The predicted octanol–water partition coefficient (Wildman–Crippen LogP) is 3.84. The zero-order chi connectivity index (χ0) is 22.1. The number of rotatable bonds is 8. The molecule has 1 aliphatic heterocycles. The highest BCUT2D eigenvalue weighted by Gasteiger charge is 2.14. The Morgan fingerprint density at radius 2 is 1.68 bits per heavy atom. The summed E-state index contributed by atoms with van der Waals surface area (Å²) in [6.07, 6.45) is 1.85. The molecule has 2 aromatic rings. The Kier molecular flexibility index (Phi) is 8.09. The Morgan fingerprint density at radius 1 is 0.968 bits per heavy atom. The number of ether oxygens (including phenoxy) is 5. The van der Waals surface area contributed by atoms with Gasteiger partial charge in [-0.2, -0.15) is 0 Å². The Hall–Kier alpha value is -3.29. The third-order valence-electron chi connectivity index (χ3n) is 4.70. The van der Waals surface area contributed by atoms with Crippen molar-refractivity contribution in [3.05, 3.63) is 35.9 Å². The van der Waals surface area contributed by atoms with Gasteiger partial charge in [0.2, 0.25) is 5.75 Å². The van der Waals surface area contributed by atoms with E-state index >= 15 is 0 Å². The summed E-state index contributed by atoms with van der Waals surface area (Å²) >= 11 is 0. The number of guanidine groups is 1. The SMILES string of the molecule is CCCNC(=NCc1cc(OC)c(OC)c(OC)c1)Nc1ccc2c(c1)OCCCO2. The van der Waals surface area contributed by atoms with Gasteiger partial charge in [-0.25, -0.2) is 4.99 Å². The van der Waals surface area contributed by atoms with Gasteiger partial charge >= 0.3 is 0 Å². The second-order valence-corrected chi connectivity index (χ2v) is 6.96. The number of fused-ring (bicyclic) bond motifs is 1. The van der Waals surface area contributed by atoms with Crippen LogP contribution in [0.4, 0.5) is 5.69 Å². The van der Waals surface area contributed by atoms with Crippen molar-refractivity contribution < 1.29 is 23.7 Å². The minimum absolute atomic E-state index is 0.431. The minimum Gasteiger partial charge on any atom is -0.493 e. The number of anilines is 1. The fraction of sp³-hybridized carbons (Fsp3) is 0.435. The molecule has 0 saturated heterocycles. The average Bonchev–Trinajstić information content (AvgIpc) is 3.05. The molecule has 8 heteroatoms. The maximum absolute atomic E-state index is 5.79. The number of aliphatic imine (C=N–C) groups is 1. The van der Waals surface area contributed by atoms with Crippen LogP contribution in [0.5, 0.6) is 28.7 Å². The van der Waals surface area contributed by atoms with Gasteiger partial charge in [0.25, 0.3) is 0 Å². The number of nitrogens with zero attached hydrogens (tertiary/aromatic N) is 1. The van der Waals surface area contributed by atoms with Crippen LogP contribution in [-0.4, -0.2) is 47.0 Å². The van der Waals surface area contributed by atoms with Gasteiger partial charge in [-0.3, -0.25) is 0 Å². The van der Waals surface area contributed by atoms with Crippen LogP contribution in [0.3, 0.4) is 0 Å². The van der Waals surface area contributed by atoms with E-state index in [1.165, 1.54) is 0 Å². The Bertz CT molecular complexity index is 876. The van der Waals surface area contributed by atoms with Gasteiger partial charge in [-0.15, -0.1) is 0 Å². The molecule has 0 saturated carbocycles. The van der Waals surface area contributed by atoms with E-state index in [4.69, 9.17) is 28.7 Å². The number of benzene rings is 2. The molecule has 8 nitrogen and oxygen atoms in total. The maximum atomic E-state index is 5.79. The van der Waals surface area contributed by atoms with Crippen molar-refractivity contribution in [1.29, 1.82) is 0 Å². The first-order valence-electron chi connectivity index (χ1n) is 10.4. The molecule has 31 heavy (non-hydrogen) atoms. The lowest BCUT2D eigenvalue weighted by Crippen LogP contribution is -2.31. The minimum atomic E-state index is 0.431. The monoisotopic (exact) mass is 429 g/mol. The maximum Gasteiger partial charge on any atom is 0.203 e. The van der Waals surface area contributed by atoms with Crippen molar-refractivity contribution in [3.8, 4) is 28.7 Å². The van der Waals surface area contributed by atoms with Crippen molar-refractivity contribution in [2.45, 2.75) is 26.3 Å². The third kappa shape index (κ3) is 5.87. The highest BCUT2D eigenvalue weighted by Crippen LogP contribution is 2.38.